The molecule has 0 aliphatic carbocycles. The fourth-order valence-corrected chi connectivity index (χ4v) is 1.92. The van der Waals surface area contributed by atoms with Crippen molar-refractivity contribution in [2.75, 3.05) is 0 Å². The summed E-state index contributed by atoms with van der Waals surface area (Å²) < 4.78 is 12.9. The summed E-state index contributed by atoms with van der Waals surface area (Å²) in [5.41, 5.74) is 2.05. The number of Topliss-reactive ketones (excluding diaryl/α,β-unsaturated/α-hetero) is 1. The van der Waals surface area contributed by atoms with Crippen LogP contribution in [0, 0.1) is 12.7 Å². The van der Waals surface area contributed by atoms with Crippen molar-refractivity contribution in [1.82, 2.24) is 4.98 Å². The monoisotopic (exact) mass is 263 g/mol. The molecule has 1 aromatic carbocycles. The number of aromatic nitrogens is 1. The van der Waals surface area contributed by atoms with Crippen LogP contribution in [0.1, 0.15) is 21.5 Å². The number of hydrogen-bond donors (Lipinski definition) is 0. The van der Waals surface area contributed by atoms with Crippen molar-refractivity contribution in [3.8, 4) is 0 Å². The first-order chi connectivity index (χ1) is 8.58. The van der Waals surface area contributed by atoms with E-state index in [1.807, 2.05) is 6.92 Å². The Labute approximate surface area is 109 Å². The van der Waals surface area contributed by atoms with Gasteiger partial charge in [0.1, 0.15) is 5.82 Å². The van der Waals surface area contributed by atoms with Gasteiger partial charge in [-0.3, -0.25) is 9.78 Å². The summed E-state index contributed by atoms with van der Waals surface area (Å²) in [7, 11) is 0. The second kappa shape index (κ2) is 5.27. The molecule has 0 spiro atoms. The number of benzene rings is 1. The summed E-state index contributed by atoms with van der Waals surface area (Å²) in [6.07, 6.45) is 3.32. The van der Waals surface area contributed by atoms with E-state index in [-0.39, 0.29) is 17.2 Å². The third-order valence-electron chi connectivity index (χ3n) is 2.71. The molecular weight excluding hydrogens is 253 g/mol. The van der Waals surface area contributed by atoms with Gasteiger partial charge in [-0.1, -0.05) is 17.7 Å². The molecule has 0 aliphatic heterocycles. The van der Waals surface area contributed by atoms with Gasteiger partial charge >= 0.3 is 0 Å². The molecule has 0 unspecified atom stereocenters. The number of hydrogen-bond acceptors (Lipinski definition) is 2. The van der Waals surface area contributed by atoms with Crippen LogP contribution < -0.4 is 0 Å². The molecule has 0 N–H and O–H groups in total. The van der Waals surface area contributed by atoms with Crippen LogP contribution in [-0.4, -0.2) is 10.8 Å². The molecule has 0 radical (unpaired) electrons. The molecule has 2 aromatic rings. The smallest absolute Gasteiger partial charge is 0.169 e. The number of carbonyl (C=O) groups is 1. The number of pyridine rings is 1. The van der Waals surface area contributed by atoms with Gasteiger partial charge in [0.05, 0.1) is 0 Å². The molecule has 4 heteroatoms. The fraction of sp³-hybridized carbons (Fsp3) is 0.143. The van der Waals surface area contributed by atoms with Crippen LogP contribution in [0.5, 0.6) is 0 Å². The highest BCUT2D eigenvalue weighted by Gasteiger charge is 2.12. The van der Waals surface area contributed by atoms with Crippen LogP contribution in [0.15, 0.2) is 36.7 Å². The highest BCUT2D eigenvalue weighted by Crippen LogP contribution is 2.19. The van der Waals surface area contributed by atoms with E-state index in [0.717, 1.165) is 5.56 Å². The molecule has 0 amide bonds. The second-order valence-electron chi connectivity index (χ2n) is 4.03. The molecule has 2 nitrogen and oxygen atoms in total. The van der Waals surface area contributed by atoms with Crippen LogP contribution in [-0.2, 0) is 6.42 Å². The lowest BCUT2D eigenvalue weighted by atomic mass is 10.0. The zero-order valence-corrected chi connectivity index (χ0v) is 10.5. The molecule has 0 saturated heterocycles. The lowest BCUT2D eigenvalue weighted by molar-refractivity contribution is 0.0992. The molecule has 92 valence electrons. The number of nitrogens with zero attached hydrogens (tertiary/aromatic N) is 1. The third kappa shape index (κ3) is 2.74. The summed E-state index contributed by atoms with van der Waals surface area (Å²) in [5.74, 6) is -0.483. The number of ketones is 1. The van der Waals surface area contributed by atoms with Gasteiger partial charge in [-0.2, -0.15) is 0 Å². The van der Waals surface area contributed by atoms with Crippen LogP contribution >= 0.6 is 11.6 Å². The molecule has 0 bridgehead atoms. The Morgan fingerprint density at radius 1 is 1.39 bits per heavy atom. The third-order valence-corrected chi connectivity index (χ3v) is 3.06. The normalized spacial score (nSPS) is 10.4. The predicted molar refractivity (Wildman–Crippen MR) is 68.4 cm³/mol. The van der Waals surface area contributed by atoms with Crippen LogP contribution in [0.25, 0.3) is 0 Å². The number of rotatable bonds is 3. The lowest BCUT2D eigenvalue weighted by Gasteiger charge is -2.06. The molecular formula is C14H11ClFNO. The summed E-state index contributed by atoms with van der Waals surface area (Å²) in [6, 6.07) is 5.81. The minimum Gasteiger partial charge on any atom is -0.294 e. The Bertz CT molecular complexity index is 598. The summed E-state index contributed by atoms with van der Waals surface area (Å²) in [5, 5.41) is 0.268. The Morgan fingerprint density at radius 3 is 2.83 bits per heavy atom. The highest BCUT2D eigenvalue weighted by molar-refractivity contribution is 6.31. The first-order valence-corrected chi connectivity index (χ1v) is 5.83. The molecule has 0 aliphatic rings. The molecule has 1 aromatic heterocycles. The van der Waals surface area contributed by atoms with Gasteiger partial charge in [0.15, 0.2) is 5.78 Å². The molecule has 0 atom stereocenters. The van der Waals surface area contributed by atoms with Crippen molar-refractivity contribution in [3.63, 3.8) is 0 Å². The van der Waals surface area contributed by atoms with Crippen LogP contribution in [0.3, 0.4) is 0 Å². The minimum atomic E-state index is -0.409. The Balaban J connectivity index is 2.24. The van der Waals surface area contributed by atoms with Crippen molar-refractivity contribution in [1.29, 1.82) is 0 Å². The fourth-order valence-electron chi connectivity index (χ4n) is 1.69. The number of aryl methyl sites for hydroxylation is 1. The topological polar surface area (TPSA) is 30.0 Å². The van der Waals surface area contributed by atoms with Crippen molar-refractivity contribution in [2.24, 2.45) is 0 Å². The average Bonchev–Trinajstić information content (AvgIpc) is 2.33. The molecule has 0 saturated carbocycles. The van der Waals surface area contributed by atoms with Gasteiger partial charge in [-0.05, 0) is 36.2 Å². The summed E-state index contributed by atoms with van der Waals surface area (Å²) in [6.45, 7) is 1.85. The minimum absolute atomic E-state index is 0.0749. The highest BCUT2D eigenvalue weighted by atomic mass is 35.5. The van der Waals surface area contributed by atoms with Crippen molar-refractivity contribution >= 4 is 17.4 Å². The first kappa shape index (κ1) is 12.7. The number of halogens is 2. The van der Waals surface area contributed by atoms with E-state index >= 15 is 0 Å². The maximum absolute atomic E-state index is 12.9. The van der Waals surface area contributed by atoms with Crippen molar-refractivity contribution in [2.45, 2.75) is 13.3 Å². The average molecular weight is 264 g/mol. The zero-order chi connectivity index (χ0) is 13.1. The van der Waals surface area contributed by atoms with Crippen molar-refractivity contribution in [3.05, 3.63) is 64.2 Å². The van der Waals surface area contributed by atoms with E-state index in [0.29, 0.717) is 11.1 Å². The molecule has 1 heterocycles. The van der Waals surface area contributed by atoms with E-state index in [1.54, 1.807) is 12.3 Å². The predicted octanol–water partition coefficient (Wildman–Crippen LogP) is 3.61. The standard InChI is InChI=1S/C14H11ClFNO/c1-9-4-5-17-8-12(9)14(18)6-10-2-3-11(16)7-13(10)15/h2-5,7-8H,6H2,1H3. The molecule has 18 heavy (non-hydrogen) atoms. The number of carbonyl (C=O) groups excluding carboxylic acids is 1. The molecule has 0 fully saturated rings. The Hall–Kier alpha value is -1.74. The van der Waals surface area contributed by atoms with E-state index < -0.39 is 5.82 Å². The van der Waals surface area contributed by atoms with Crippen LogP contribution in [0.2, 0.25) is 5.02 Å². The molecule has 2 rings (SSSR count). The second-order valence-corrected chi connectivity index (χ2v) is 4.43. The first-order valence-electron chi connectivity index (χ1n) is 5.45. The van der Waals surface area contributed by atoms with E-state index in [9.17, 15) is 9.18 Å². The van der Waals surface area contributed by atoms with Crippen LogP contribution in [0.4, 0.5) is 4.39 Å². The lowest BCUT2D eigenvalue weighted by Crippen LogP contribution is -2.06. The summed E-state index contributed by atoms with van der Waals surface area (Å²) >= 11 is 5.89. The SMILES string of the molecule is Cc1ccncc1C(=O)Cc1ccc(F)cc1Cl. The zero-order valence-electron chi connectivity index (χ0n) is 9.78. The van der Waals surface area contributed by atoms with Gasteiger partial charge in [0.2, 0.25) is 0 Å². The Morgan fingerprint density at radius 2 is 2.17 bits per heavy atom. The largest absolute Gasteiger partial charge is 0.294 e. The van der Waals surface area contributed by atoms with Crippen molar-refractivity contribution < 1.29 is 9.18 Å². The van der Waals surface area contributed by atoms with Gasteiger partial charge in [0, 0.05) is 29.4 Å². The quantitative estimate of drug-likeness (QED) is 0.792. The van der Waals surface area contributed by atoms with E-state index in [1.165, 1.54) is 24.4 Å². The Kier molecular flexibility index (Phi) is 3.72. The summed E-state index contributed by atoms with van der Waals surface area (Å²) in [4.78, 5) is 16.0. The van der Waals surface area contributed by atoms with Gasteiger partial charge in [-0.25, -0.2) is 4.39 Å². The van der Waals surface area contributed by atoms with Gasteiger partial charge < -0.3 is 0 Å². The maximum Gasteiger partial charge on any atom is 0.169 e. The van der Waals surface area contributed by atoms with E-state index in [2.05, 4.69) is 4.98 Å². The maximum atomic E-state index is 12.9. The van der Waals surface area contributed by atoms with Gasteiger partial charge in [0.25, 0.3) is 0 Å². The van der Waals surface area contributed by atoms with Gasteiger partial charge in [-0.15, -0.1) is 0 Å². The van der Waals surface area contributed by atoms with E-state index in [4.69, 9.17) is 11.6 Å².